The Morgan fingerprint density at radius 2 is 1.95 bits per heavy atom. The van der Waals surface area contributed by atoms with Gasteiger partial charge in [0.15, 0.2) is 0 Å². The third-order valence-electron chi connectivity index (χ3n) is 3.70. The first-order valence-corrected chi connectivity index (χ1v) is 7.42. The van der Waals surface area contributed by atoms with Gasteiger partial charge in [-0.3, -0.25) is 4.98 Å². The van der Waals surface area contributed by atoms with Crippen molar-refractivity contribution in [2.24, 2.45) is 0 Å². The molecule has 3 heteroatoms. The van der Waals surface area contributed by atoms with Crippen LogP contribution in [0.25, 0.3) is 10.8 Å². The van der Waals surface area contributed by atoms with Gasteiger partial charge in [0.1, 0.15) is 0 Å². The maximum atomic E-state index is 6.05. The summed E-state index contributed by atoms with van der Waals surface area (Å²) in [5, 5.41) is 6.73. The van der Waals surface area contributed by atoms with E-state index in [2.05, 4.69) is 41.5 Å². The number of nitrogens with zero attached hydrogens (tertiary/aromatic N) is 1. The molecule has 1 aromatic heterocycles. The Bertz CT molecular complexity index is 750. The average Bonchev–Trinajstić information content (AvgIpc) is 2.52. The lowest BCUT2D eigenvalue weighted by atomic mass is 10.1. The van der Waals surface area contributed by atoms with Crippen LogP contribution in [0.3, 0.4) is 0 Å². The summed E-state index contributed by atoms with van der Waals surface area (Å²) in [4.78, 5) is 4.32. The van der Waals surface area contributed by atoms with Crippen LogP contribution in [0.4, 0.5) is 0 Å². The van der Waals surface area contributed by atoms with Gasteiger partial charge >= 0.3 is 0 Å². The molecule has 1 atom stereocenters. The van der Waals surface area contributed by atoms with E-state index in [9.17, 15) is 0 Å². The average molecular weight is 297 g/mol. The number of fused-ring (bicyclic) bond motifs is 1. The fourth-order valence-electron chi connectivity index (χ4n) is 2.48. The number of pyridine rings is 1. The summed E-state index contributed by atoms with van der Waals surface area (Å²) in [6, 6.07) is 16.5. The van der Waals surface area contributed by atoms with Gasteiger partial charge in [-0.05, 0) is 35.6 Å². The molecule has 0 radical (unpaired) electrons. The molecule has 106 valence electrons. The summed E-state index contributed by atoms with van der Waals surface area (Å²) in [6.45, 7) is 2.92. The molecule has 1 heterocycles. The molecule has 0 spiro atoms. The summed E-state index contributed by atoms with van der Waals surface area (Å²) in [5.74, 6) is 0. The Labute approximate surface area is 129 Å². The summed E-state index contributed by atoms with van der Waals surface area (Å²) in [6.07, 6.45) is 3.83. The minimum Gasteiger partial charge on any atom is -0.306 e. The largest absolute Gasteiger partial charge is 0.306 e. The fraction of sp³-hybridized carbons (Fsp3) is 0.167. The SMILES string of the molecule is C[C@H](NCc1cncc2ccccc12)c1cccc(Cl)c1. The zero-order valence-corrected chi connectivity index (χ0v) is 12.6. The Hall–Kier alpha value is -1.90. The molecule has 0 fully saturated rings. The van der Waals surface area contributed by atoms with Gasteiger partial charge in [0.2, 0.25) is 0 Å². The molecule has 3 aromatic rings. The zero-order chi connectivity index (χ0) is 14.7. The maximum Gasteiger partial charge on any atom is 0.0409 e. The van der Waals surface area contributed by atoms with E-state index in [0.29, 0.717) is 0 Å². The van der Waals surface area contributed by atoms with Crippen LogP contribution in [0, 0.1) is 0 Å². The summed E-state index contributed by atoms with van der Waals surface area (Å²) in [7, 11) is 0. The van der Waals surface area contributed by atoms with Crippen LogP contribution >= 0.6 is 11.6 Å². The van der Waals surface area contributed by atoms with Gasteiger partial charge in [0.05, 0.1) is 0 Å². The van der Waals surface area contributed by atoms with Crippen LogP contribution in [-0.2, 0) is 6.54 Å². The lowest BCUT2D eigenvalue weighted by molar-refractivity contribution is 0.576. The minimum atomic E-state index is 0.239. The van der Waals surface area contributed by atoms with E-state index in [-0.39, 0.29) is 6.04 Å². The van der Waals surface area contributed by atoms with Crippen molar-refractivity contribution in [3.05, 3.63) is 77.1 Å². The van der Waals surface area contributed by atoms with E-state index in [1.54, 1.807) is 0 Å². The van der Waals surface area contributed by atoms with Crippen LogP contribution in [0.5, 0.6) is 0 Å². The molecule has 0 aliphatic carbocycles. The lowest BCUT2D eigenvalue weighted by Crippen LogP contribution is -2.18. The normalized spacial score (nSPS) is 12.5. The standard InChI is InChI=1S/C18H17ClN2/c1-13(14-6-4-7-17(19)9-14)21-12-16-11-20-10-15-5-2-3-8-18(15)16/h2-11,13,21H,12H2,1H3/t13-/m0/s1. The Balaban J connectivity index is 1.77. The highest BCUT2D eigenvalue weighted by atomic mass is 35.5. The second-order valence-corrected chi connectivity index (χ2v) is 5.61. The van der Waals surface area contributed by atoms with Gasteiger partial charge in [-0.15, -0.1) is 0 Å². The predicted molar refractivity (Wildman–Crippen MR) is 88.4 cm³/mol. The molecule has 1 N–H and O–H groups in total. The van der Waals surface area contributed by atoms with E-state index < -0.39 is 0 Å². The van der Waals surface area contributed by atoms with Crippen LogP contribution < -0.4 is 5.32 Å². The first kappa shape index (κ1) is 14.1. The highest BCUT2D eigenvalue weighted by Gasteiger charge is 2.07. The summed E-state index contributed by atoms with van der Waals surface area (Å²) >= 11 is 6.05. The minimum absolute atomic E-state index is 0.239. The molecule has 0 amide bonds. The topological polar surface area (TPSA) is 24.9 Å². The Morgan fingerprint density at radius 1 is 1.10 bits per heavy atom. The fourth-order valence-corrected chi connectivity index (χ4v) is 2.68. The van der Waals surface area contributed by atoms with E-state index in [0.717, 1.165) is 11.6 Å². The zero-order valence-electron chi connectivity index (χ0n) is 11.9. The van der Waals surface area contributed by atoms with Crippen molar-refractivity contribution < 1.29 is 0 Å². The van der Waals surface area contributed by atoms with Crippen LogP contribution in [0.2, 0.25) is 5.02 Å². The van der Waals surface area contributed by atoms with Gasteiger partial charge in [0.25, 0.3) is 0 Å². The molecular formula is C18H17ClN2. The Morgan fingerprint density at radius 3 is 2.81 bits per heavy atom. The highest BCUT2D eigenvalue weighted by molar-refractivity contribution is 6.30. The number of aromatic nitrogens is 1. The number of benzene rings is 2. The second-order valence-electron chi connectivity index (χ2n) is 5.18. The number of nitrogens with one attached hydrogen (secondary N) is 1. The van der Waals surface area contributed by atoms with Crippen molar-refractivity contribution in [3.8, 4) is 0 Å². The molecule has 21 heavy (non-hydrogen) atoms. The summed E-state index contributed by atoms with van der Waals surface area (Å²) in [5.41, 5.74) is 2.40. The second kappa shape index (κ2) is 6.25. The number of rotatable bonds is 4. The molecular weight excluding hydrogens is 280 g/mol. The quantitative estimate of drug-likeness (QED) is 0.752. The molecule has 0 aliphatic rings. The Kier molecular flexibility index (Phi) is 4.18. The molecule has 0 unspecified atom stereocenters. The van der Waals surface area contributed by atoms with Gasteiger partial charge in [-0.25, -0.2) is 0 Å². The monoisotopic (exact) mass is 296 g/mol. The maximum absolute atomic E-state index is 6.05. The molecule has 2 nitrogen and oxygen atoms in total. The smallest absolute Gasteiger partial charge is 0.0409 e. The van der Waals surface area contributed by atoms with E-state index in [1.807, 2.05) is 36.7 Å². The van der Waals surface area contributed by atoms with Gasteiger partial charge in [-0.1, -0.05) is 48.0 Å². The molecule has 0 saturated heterocycles. The van der Waals surface area contributed by atoms with Crippen LogP contribution in [0.1, 0.15) is 24.1 Å². The summed E-state index contributed by atoms with van der Waals surface area (Å²) < 4.78 is 0. The molecule has 0 saturated carbocycles. The third kappa shape index (κ3) is 3.23. The van der Waals surface area contributed by atoms with Gasteiger partial charge < -0.3 is 5.32 Å². The van der Waals surface area contributed by atoms with Crippen molar-refractivity contribution in [2.75, 3.05) is 0 Å². The van der Waals surface area contributed by atoms with E-state index >= 15 is 0 Å². The highest BCUT2D eigenvalue weighted by Crippen LogP contribution is 2.20. The van der Waals surface area contributed by atoms with E-state index in [4.69, 9.17) is 11.6 Å². The molecule has 2 aromatic carbocycles. The van der Waals surface area contributed by atoms with Crippen LogP contribution in [-0.4, -0.2) is 4.98 Å². The number of halogens is 1. The first-order valence-electron chi connectivity index (χ1n) is 7.04. The van der Waals surface area contributed by atoms with Crippen molar-refractivity contribution in [1.29, 1.82) is 0 Å². The van der Waals surface area contributed by atoms with Crippen molar-refractivity contribution >= 4 is 22.4 Å². The third-order valence-corrected chi connectivity index (χ3v) is 3.93. The van der Waals surface area contributed by atoms with Gasteiger partial charge in [0, 0.05) is 35.4 Å². The first-order chi connectivity index (χ1) is 10.2. The van der Waals surface area contributed by atoms with Crippen LogP contribution in [0.15, 0.2) is 60.9 Å². The van der Waals surface area contributed by atoms with Crippen molar-refractivity contribution in [3.63, 3.8) is 0 Å². The lowest BCUT2D eigenvalue weighted by Gasteiger charge is -2.15. The van der Waals surface area contributed by atoms with Crippen molar-refractivity contribution in [2.45, 2.75) is 19.5 Å². The van der Waals surface area contributed by atoms with Gasteiger partial charge in [-0.2, -0.15) is 0 Å². The number of hydrogen-bond acceptors (Lipinski definition) is 2. The number of hydrogen-bond donors (Lipinski definition) is 1. The molecule has 3 rings (SSSR count). The van der Waals surface area contributed by atoms with Crippen molar-refractivity contribution in [1.82, 2.24) is 10.3 Å². The molecule has 0 bridgehead atoms. The predicted octanol–water partition coefficient (Wildman–Crippen LogP) is 4.74. The molecule has 0 aliphatic heterocycles. The van der Waals surface area contributed by atoms with E-state index in [1.165, 1.54) is 21.9 Å².